The van der Waals surface area contributed by atoms with Crippen LogP contribution in [0.1, 0.15) is 35.3 Å². The summed E-state index contributed by atoms with van der Waals surface area (Å²) < 4.78 is 6.74. The van der Waals surface area contributed by atoms with Crippen molar-refractivity contribution in [3.05, 3.63) is 52.8 Å². The normalized spacial score (nSPS) is 16.0. The molecule has 0 radical (unpaired) electrons. The molecule has 2 amide bonds. The predicted octanol–water partition coefficient (Wildman–Crippen LogP) is 3.03. The predicted molar refractivity (Wildman–Crippen MR) is 122 cm³/mol. The first-order valence-electron chi connectivity index (χ1n) is 10.5. The number of likely N-dealkylation sites (N-methyl/N-ethyl adjacent to an activating group) is 1. The van der Waals surface area contributed by atoms with Crippen LogP contribution in [0.2, 0.25) is 5.02 Å². The van der Waals surface area contributed by atoms with E-state index in [2.05, 4.69) is 15.7 Å². The van der Waals surface area contributed by atoms with E-state index < -0.39 is 0 Å². The molecule has 3 heterocycles. The van der Waals surface area contributed by atoms with Crippen molar-refractivity contribution in [3.8, 4) is 0 Å². The third kappa shape index (κ3) is 4.53. The maximum absolute atomic E-state index is 13.0. The molecule has 168 valence electrons. The summed E-state index contributed by atoms with van der Waals surface area (Å²) in [6.45, 7) is 4.31. The van der Waals surface area contributed by atoms with Gasteiger partial charge in [0.05, 0.1) is 18.5 Å². The van der Waals surface area contributed by atoms with Crippen LogP contribution in [-0.4, -0.2) is 64.7 Å². The summed E-state index contributed by atoms with van der Waals surface area (Å²) in [5, 5.41) is 11.1. The minimum atomic E-state index is -0.326. The largest absolute Gasteiger partial charge is 0.383 e. The van der Waals surface area contributed by atoms with Gasteiger partial charge in [-0.2, -0.15) is 9.61 Å². The second-order valence-corrected chi connectivity index (χ2v) is 8.01. The quantitative estimate of drug-likeness (QED) is 0.505. The zero-order valence-electron chi connectivity index (χ0n) is 18.0. The molecule has 1 aliphatic rings. The Bertz CT molecular complexity index is 1130. The van der Waals surface area contributed by atoms with Gasteiger partial charge in [-0.1, -0.05) is 11.6 Å². The lowest BCUT2D eigenvalue weighted by Crippen LogP contribution is -2.24. The van der Waals surface area contributed by atoms with Crippen LogP contribution in [0, 0.1) is 0 Å². The van der Waals surface area contributed by atoms with Gasteiger partial charge in [0.2, 0.25) is 5.91 Å². The molecule has 4 rings (SSSR count). The van der Waals surface area contributed by atoms with Gasteiger partial charge in [-0.05, 0) is 31.2 Å². The monoisotopic (exact) mass is 456 g/mol. The summed E-state index contributed by atoms with van der Waals surface area (Å²) in [7, 11) is 1.63. The lowest BCUT2D eigenvalue weighted by atomic mass is 10.0. The maximum Gasteiger partial charge on any atom is 0.261 e. The first-order chi connectivity index (χ1) is 15.5. The van der Waals surface area contributed by atoms with Crippen molar-refractivity contribution in [3.63, 3.8) is 0 Å². The zero-order chi connectivity index (χ0) is 22.7. The highest BCUT2D eigenvalue weighted by molar-refractivity contribution is 6.30. The van der Waals surface area contributed by atoms with Gasteiger partial charge in [-0.3, -0.25) is 9.59 Å². The first-order valence-corrected chi connectivity index (χ1v) is 10.8. The molecule has 0 aliphatic carbocycles. The number of ether oxygens (including phenoxy) is 1. The second-order valence-electron chi connectivity index (χ2n) is 7.57. The van der Waals surface area contributed by atoms with Gasteiger partial charge < -0.3 is 20.3 Å². The molecule has 0 bridgehead atoms. The molecule has 10 heteroatoms. The molecule has 3 aromatic rings. The Kier molecular flexibility index (Phi) is 6.57. The standard InChI is InChI=1S/C22H25ClN6O3/c1-3-28-13-14(10-20(28)30)18-11-19(24-8-9-32-2)29-21(27-18)17(12-25-29)22(31)26-16-6-4-15(23)5-7-16/h4-7,11-12,14,24H,3,8-10,13H2,1-2H3,(H,26,31)/t14-/m1/s1. The third-order valence-corrected chi connectivity index (χ3v) is 5.72. The van der Waals surface area contributed by atoms with Crippen molar-refractivity contribution in [2.75, 3.05) is 44.0 Å². The summed E-state index contributed by atoms with van der Waals surface area (Å²) in [6.07, 6.45) is 1.89. The highest BCUT2D eigenvalue weighted by atomic mass is 35.5. The van der Waals surface area contributed by atoms with Crippen LogP contribution < -0.4 is 10.6 Å². The molecule has 0 unspecified atom stereocenters. The molecule has 9 nitrogen and oxygen atoms in total. The second kappa shape index (κ2) is 9.54. The Hall–Kier alpha value is -3.17. The topological polar surface area (TPSA) is 101 Å². The van der Waals surface area contributed by atoms with Crippen molar-refractivity contribution >= 4 is 40.6 Å². The first kappa shape index (κ1) is 22.0. The molecule has 1 aliphatic heterocycles. The number of rotatable bonds is 8. The SMILES string of the molecule is CCN1C[C@H](c2cc(NCCOC)n3ncc(C(=O)Nc4ccc(Cl)cc4)c3n2)CC1=O. The van der Waals surface area contributed by atoms with Gasteiger partial charge in [-0.25, -0.2) is 4.98 Å². The fourth-order valence-corrected chi connectivity index (χ4v) is 3.89. The number of hydrogen-bond acceptors (Lipinski definition) is 6. The number of nitrogens with one attached hydrogen (secondary N) is 2. The fraction of sp³-hybridized carbons (Fsp3) is 0.364. The van der Waals surface area contributed by atoms with E-state index in [0.29, 0.717) is 60.4 Å². The average Bonchev–Trinajstić information content (AvgIpc) is 3.38. The Balaban J connectivity index is 1.69. The molecule has 2 aromatic heterocycles. The minimum Gasteiger partial charge on any atom is -0.383 e. The van der Waals surface area contributed by atoms with Crippen LogP contribution in [0.4, 0.5) is 11.5 Å². The molecule has 0 saturated carbocycles. The smallest absolute Gasteiger partial charge is 0.261 e. The van der Waals surface area contributed by atoms with Crippen molar-refractivity contribution in [2.24, 2.45) is 0 Å². The molecule has 1 aromatic carbocycles. The minimum absolute atomic E-state index is 0.0440. The van der Waals surface area contributed by atoms with Crippen LogP contribution in [-0.2, 0) is 9.53 Å². The van der Waals surface area contributed by atoms with E-state index in [-0.39, 0.29) is 17.7 Å². The van der Waals surface area contributed by atoms with E-state index in [9.17, 15) is 9.59 Å². The number of methoxy groups -OCH3 is 1. The van der Waals surface area contributed by atoms with E-state index in [1.807, 2.05) is 17.9 Å². The lowest BCUT2D eigenvalue weighted by Gasteiger charge is -2.15. The van der Waals surface area contributed by atoms with Gasteiger partial charge in [0.25, 0.3) is 5.91 Å². The number of likely N-dealkylation sites (tertiary alicyclic amines) is 1. The Labute approximate surface area is 190 Å². The number of carbonyl (C=O) groups is 2. The number of aromatic nitrogens is 3. The third-order valence-electron chi connectivity index (χ3n) is 5.47. The van der Waals surface area contributed by atoms with Crippen LogP contribution in [0.15, 0.2) is 36.5 Å². The zero-order valence-corrected chi connectivity index (χ0v) is 18.7. The molecular formula is C22H25ClN6O3. The number of amides is 2. The summed E-state index contributed by atoms with van der Waals surface area (Å²) in [6, 6.07) is 8.77. The van der Waals surface area contributed by atoms with Crippen molar-refractivity contribution in [2.45, 2.75) is 19.3 Å². The van der Waals surface area contributed by atoms with Crippen LogP contribution in [0.3, 0.4) is 0 Å². The van der Waals surface area contributed by atoms with Crippen LogP contribution in [0.5, 0.6) is 0 Å². The van der Waals surface area contributed by atoms with Gasteiger partial charge in [0, 0.05) is 55.9 Å². The van der Waals surface area contributed by atoms with Crippen molar-refractivity contribution in [1.29, 1.82) is 0 Å². The molecule has 1 saturated heterocycles. The number of halogens is 1. The summed E-state index contributed by atoms with van der Waals surface area (Å²) >= 11 is 5.93. The van der Waals surface area contributed by atoms with Crippen molar-refractivity contribution < 1.29 is 14.3 Å². The summed E-state index contributed by atoms with van der Waals surface area (Å²) in [5.41, 5.74) is 2.14. The Morgan fingerprint density at radius 3 is 2.78 bits per heavy atom. The molecule has 2 N–H and O–H groups in total. The molecular weight excluding hydrogens is 432 g/mol. The number of hydrogen-bond donors (Lipinski definition) is 2. The van der Waals surface area contributed by atoms with E-state index in [0.717, 1.165) is 5.69 Å². The van der Waals surface area contributed by atoms with E-state index in [4.69, 9.17) is 21.3 Å². The van der Waals surface area contributed by atoms with E-state index >= 15 is 0 Å². The maximum atomic E-state index is 13.0. The molecule has 0 spiro atoms. The number of anilines is 2. The molecule has 1 fully saturated rings. The Morgan fingerprint density at radius 1 is 1.31 bits per heavy atom. The summed E-state index contributed by atoms with van der Waals surface area (Å²) in [5.74, 6) is 0.433. The number of fused-ring (bicyclic) bond motifs is 1. The van der Waals surface area contributed by atoms with E-state index in [1.54, 1.807) is 35.9 Å². The highest BCUT2D eigenvalue weighted by Crippen LogP contribution is 2.29. The van der Waals surface area contributed by atoms with Crippen LogP contribution in [0.25, 0.3) is 5.65 Å². The molecule has 32 heavy (non-hydrogen) atoms. The van der Waals surface area contributed by atoms with Crippen LogP contribution >= 0.6 is 11.6 Å². The number of carbonyl (C=O) groups excluding carboxylic acids is 2. The van der Waals surface area contributed by atoms with E-state index in [1.165, 1.54) is 6.20 Å². The number of nitrogens with zero attached hydrogens (tertiary/aromatic N) is 4. The Morgan fingerprint density at radius 2 is 2.09 bits per heavy atom. The fourth-order valence-electron chi connectivity index (χ4n) is 3.77. The van der Waals surface area contributed by atoms with Gasteiger partial charge in [-0.15, -0.1) is 0 Å². The molecule has 1 atom stereocenters. The van der Waals surface area contributed by atoms with Gasteiger partial charge in [0.1, 0.15) is 11.4 Å². The lowest BCUT2D eigenvalue weighted by molar-refractivity contribution is -0.127. The number of benzene rings is 1. The highest BCUT2D eigenvalue weighted by Gasteiger charge is 2.31. The summed E-state index contributed by atoms with van der Waals surface area (Å²) in [4.78, 5) is 31.8. The average molecular weight is 457 g/mol. The van der Waals surface area contributed by atoms with Gasteiger partial charge in [0.15, 0.2) is 5.65 Å². The van der Waals surface area contributed by atoms with Gasteiger partial charge >= 0.3 is 0 Å². The van der Waals surface area contributed by atoms with Crippen molar-refractivity contribution in [1.82, 2.24) is 19.5 Å².